The van der Waals surface area contributed by atoms with Crippen LogP contribution in [0.25, 0.3) is 0 Å². The van der Waals surface area contributed by atoms with Crippen LogP contribution in [0.4, 0.5) is 11.4 Å². The molecule has 132 valence electrons. The second kappa shape index (κ2) is 9.80. The van der Waals surface area contributed by atoms with Crippen molar-refractivity contribution in [2.45, 2.75) is 38.8 Å². The fourth-order valence-corrected chi connectivity index (χ4v) is 1.40. The third kappa shape index (κ3) is 8.47. The van der Waals surface area contributed by atoms with Gasteiger partial charge in [0.25, 0.3) is 0 Å². The predicted octanol–water partition coefficient (Wildman–Crippen LogP) is 6.14. The zero-order valence-electron chi connectivity index (χ0n) is 15.5. The number of benzene rings is 2. The zero-order chi connectivity index (χ0) is 19.5. The molecule has 6 heteroatoms. The van der Waals surface area contributed by atoms with Gasteiger partial charge in [-0.3, -0.25) is 0 Å². The first kappa shape index (κ1) is 20.7. The van der Waals surface area contributed by atoms with E-state index in [1.54, 1.807) is 27.7 Å². The summed E-state index contributed by atoms with van der Waals surface area (Å²) in [5.74, 6) is 0. The smallest absolute Gasteiger partial charge is 0.162 e. The Morgan fingerprint density at radius 1 is 0.615 bits per heavy atom. The van der Waals surface area contributed by atoms with Gasteiger partial charge in [-0.1, -0.05) is 36.4 Å². The molecule has 0 aromatic heterocycles. The molecule has 0 aliphatic heterocycles. The van der Waals surface area contributed by atoms with Crippen molar-refractivity contribution in [3.8, 4) is 12.1 Å². The van der Waals surface area contributed by atoms with Gasteiger partial charge in [0.1, 0.15) is 0 Å². The third-order valence-electron chi connectivity index (χ3n) is 2.89. The molecule has 6 nitrogen and oxygen atoms in total. The van der Waals surface area contributed by atoms with Gasteiger partial charge in [-0.25, -0.2) is 0 Å². The molecule has 0 fully saturated rings. The summed E-state index contributed by atoms with van der Waals surface area (Å²) in [6.45, 7) is 6.57. The first-order chi connectivity index (χ1) is 12.3. The van der Waals surface area contributed by atoms with Gasteiger partial charge in [0.2, 0.25) is 0 Å². The lowest BCUT2D eigenvalue weighted by atomic mass is 10.1. The molecule has 2 aromatic rings. The molecule has 0 spiro atoms. The molecular formula is C20H22N6. The van der Waals surface area contributed by atoms with Crippen molar-refractivity contribution in [3.63, 3.8) is 0 Å². The summed E-state index contributed by atoms with van der Waals surface area (Å²) in [5.41, 5.74) is 0.0649. The van der Waals surface area contributed by atoms with Gasteiger partial charge < -0.3 is 0 Å². The molecule has 0 aliphatic rings. The summed E-state index contributed by atoms with van der Waals surface area (Å²) >= 11 is 0. The van der Waals surface area contributed by atoms with Crippen molar-refractivity contribution in [2.75, 3.05) is 0 Å². The lowest BCUT2D eigenvalue weighted by Crippen LogP contribution is -2.17. The van der Waals surface area contributed by atoms with Gasteiger partial charge in [-0.05, 0) is 52.0 Å². The SMILES string of the molecule is CC(C)(C#N)/N=N/C(C)(C)C#N.c1ccc(/N=N/c2ccccc2)cc1. The molecule has 0 radical (unpaired) electrons. The van der Waals surface area contributed by atoms with Crippen LogP contribution >= 0.6 is 0 Å². The van der Waals surface area contributed by atoms with Crippen molar-refractivity contribution < 1.29 is 0 Å². The largest absolute Gasteiger partial charge is 0.196 e. The quantitative estimate of drug-likeness (QED) is 0.621. The maximum Gasteiger partial charge on any atom is 0.162 e. The highest BCUT2D eigenvalue weighted by atomic mass is 15.2. The minimum absolute atomic E-state index is 0.839. The van der Waals surface area contributed by atoms with E-state index in [1.807, 2.05) is 72.8 Å². The fourth-order valence-electron chi connectivity index (χ4n) is 1.40. The van der Waals surface area contributed by atoms with Gasteiger partial charge in [-0.15, -0.1) is 0 Å². The monoisotopic (exact) mass is 346 g/mol. The predicted molar refractivity (Wildman–Crippen MR) is 101 cm³/mol. The van der Waals surface area contributed by atoms with E-state index in [4.69, 9.17) is 10.5 Å². The van der Waals surface area contributed by atoms with E-state index in [1.165, 1.54) is 0 Å². The van der Waals surface area contributed by atoms with Crippen molar-refractivity contribution in [1.82, 2.24) is 0 Å². The number of hydrogen-bond donors (Lipinski definition) is 0. The van der Waals surface area contributed by atoms with Crippen LogP contribution < -0.4 is 0 Å². The Labute approximate surface area is 154 Å². The molecule has 0 atom stereocenters. The van der Waals surface area contributed by atoms with Gasteiger partial charge in [0, 0.05) is 0 Å². The van der Waals surface area contributed by atoms with Crippen LogP contribution in [0.2, 0.25) is 0 Å². The standard InChI is InChI=1S/C12H10N2.C8H12N4/c1-3-7-11(8-4-1)13-14-12-9-5-2-6-10-12;1-7(2,5-9)11-12-8(3,4)6-10/h1-10H;1-4H3/b14-13+;12-11+. The molecule has 0 saturated heterocycles. The maximum atomic E-state index is 8.58. The third-order valence-corrected chi connectivity index (χ3v) is 2.89. The second-order valence-electron chi connectivity index (χ2n) is 6.41. The fraction of sp³-hybridized carbons (Fsp3) is 0.300. The van der Waals surface area contributed by atoms with Crippen LogP contribution in [0.1, 0.15) is 27.7 Å². The summed E-state index contributed by atoms with van der Waals surface area (Å²) in [4.78, 5) is 0. The molecule has 0 saturated carbocycles. The Kier molecular flexibility index (Phi) is 7.79. The molecule has 0 N–H and O–H groups in total. The number of rotatable bonds is 4. The van der Waals surface area contributed by atoms with Crippen molar-refractivity contribution >= 4 is 11.4 Å². The van der Waals surface area contributed by atoms with E-state index in [9.17, 15) is 0 Å². The summed E-state index contributed by atoms with van der Waals surface area (Å²) in [7, 11) is 0. The summed E-state index contributed by atoms with van der Waals surface area (Å²) in [6, 6.07) is 23.3. The molecule has 2 aromatic carbocycles. The van der Waals surface area contributed by atoms with E-state index in [0.29, 0.717) is 0 Å². The van der Waals surface area contributed by atoms with Crippen LogP contribution in [0.5, 0.6) is 0 Å². The molecule has 0 aliphatic carbocycles. The Morgan fingerprint density at radius 3 is 1.19 bits per heavy atom. The molecule has 0 amide bonds. The average molecular weight is 346 g/mol. The zero-order valence-corrected chi connectivity index (χ0v) is 15.5. The molecule has 26 heavy (non-hydrogen) atoms. The molecule has 2 rings (SSSR count). The molecule has 0 heterocycles. The van der Waals surface area contributed by atoms with Gasteiger partial charge >= 0.3 is 0 Å². The topological polar surface area (TPSA) is 97.0 Å². The first-order valence-corrected chi connectivity index (χ1v) is 8.06. The summed E-state index contributed by atoms with van der Waals surface area (Å²) in [6.07, 6.45) is 0. The second-order valence-corrected chi connectivity index (χ2v) is 6.41. The first-order valence-electron chi connectivity index (χ1n) is 8.06. The number of azo groups is 2. The Bertz CT molecular complexity index is 739. The number of hydrogen-bond acceptors (Lipinski definition) is 6. The number of nitriles is 2. The van der Waals surface area contributed by atoms with Crippen LogP contribution in [-0.4, -0.2) is 11.1 Å². The van der Waals surface area contributed by atoms with E-state index in [0.717, 1.165) is 11.4 Å². The highest BCUT2D eigenvalue weighted by molar-refractivity contribution is 5.39. The van der Waals surface area contributed by atoms with Crippen molar-refractivity contribution in [3.05, 3.63) is 60.7 Å². The maximum absolute atomic E-state index is 8.58. The van der Waals surface area contributed by atoms with Crippen molar-refractivity contribution in [1.29, 1.82) is 10.5 Å². The lowest BCUT2D eigenvalue weighted by Gasteiger charge is -2.11. The minimum Gasteiger partial charge on any atom is -0.196 e. The Morgan fingerprint density at radius 2 is 0.923 bits per heavy atom. The Hall–Kier alpha value is -3.38. The van der Waals surface area contributed by atoms with Crippen LogP contribution in [0, 0.1) is 22.7 Å². The lowest BCUT2D eigenvalue weighted by molar-refractivity contribution is 0.541. The highest BCUT2D eigenvalue weighted by Gasteiger charge is 2.19. The van der Waals surface area contributed by atoms with E-state index >= 15 is 0 Å². The van der Waals surface area contributed by atoms with E-state index < -0.39 is 11.1 Å². The van der Waals surface area contributed by atoms with Crippen LogP contribution in [0.3, 0.4) is 0 Å². The van der Waals surface area contributed by atoms with Crippen LogP contribution in [0.15, 0.2) is 81.1 Å². The average Bonchev–Trinajstić information content (AvgIpc) is 2.67. The molecule has 0 unspecified atom stereocenters. The van der Waals surface area contributed by atoms with Gasteiger partial charge in [0.15, 0.2) is 11.1 Å². The Balaban J connectivity index is 0.000000265. The summed E-state index contributed by atoms with van der Waals surface area (Å²) < 4.78 is 0. The normalized spacial score (nSPS) is 11.5. The van der Waals surface area contributed by atoms with Crippen LogP contribution in [-0.2, 0) is 0 Å². The minimum atomic E-state index is -0.839. The van der Waals surface area contributed by atoms with Gasteiger partial charge in [0.05, 0.1) is 23.5 Å². The highest BCUT2D eigenvalue weighted by Crippen LogP contribution is 2.16. The molecular weight excluding hydrogens is 324 g/mol. The van der Waals surface area contributed by atoms with E-state index in [-0.39, 0.29) is 0 Å². The summed E-state index contributed by atoms with van der Waals surface area (Å²) in [5, 5.41) is 32.9. The van der Waals surface area contributed by atoms with Crippen molar-refractivity contribution in [2.24, 2.45) is 20.5 Å². The molecule has 0 bridgehead atoms. The van der Waals surface area contributed by atoms with Gasteiger partial charge in [-0.2, -0.15) is 31.0 Å². The van der Waals surface area contributed by atoms with E-state index in [2.05, 4.69) is 20.5 Å². The number of nitrogens with zero attached hydrogens (tertiary/aromatic N) is 6.